The molecule has 1 aromatic carbocycles. The molecule has 1 aromatic rings. The van der Waals surface area contributed by atoms with E-state index in [0.29, 0.717) is 11.7 Å². The molecule has 2 saturated heterocycles. The molecule has 0 radical (unpaired) electrons. The van der Waals surface area contributed by atoms with Gasteiger partial charge in [-0.1, -0.05) is 15.9 Å². The molecule has 2 heterocycles. The third-order valence-electron chi connectivity index (χ3n) is 4.87. The van der Waals surface area contributed by atoms with Gasteiger partial charge in [-0.3, -0.25) is 4.90 Å². The van der Waals surface area contributed by atoms with Crippen molar-refractivity contribution in [3.05, 3.63) is 22.2 Å². The normalized spacial score (nSPS) is 22.0. The predicted molar refractivity (Wildman–Crippen MR) is 93.1 cm³/mol. The number of piperazine rings is 1. The summed E-state index contributed by atoms with van der Waals surface area (Å²) >= 11 is 3.56. The summed E-state index contributed by atoms with van der Waals surface area (Å²) in [6.07, 6.45) is 2.06. The van der Waals surface area contributed by atoms with E-state index in [4.69, 9.17) is 9.47 Å². The molecule has 0 aromatic heterocycles. The lowest BCUT2D eigenvalue weighted by Crippen LogP contribution is -2.47. The molecule has 0 aliphatic carbocycles. The molecular formula is C17H25BrN2O3. The molecule has 128 valence electrons. The summed E-state index contributed by atoms with van der Waals surface area (Å²) in [6.45, 7) is 5.59. The summed E-state index contributed by atoms with van der Waals surface area (Å²) < 4.78 is 11.8. The molecule has 2 fully saturated rings. The van der Waals surface area contributed by atoms with Gasteiger partial charge in [0.05, 0.1) is 7.11 Å². The van der Waals surface area contributed by atoms with Crippen molar-refractivity contribution in [2.75, 3.05) is 46.5 Å². The van der Waals surface area contributed by atoms with Crippen LogP contribution in [0.5, 0.6) is 11.5 Å². The predicted octanol–water partition coefficient (Wildman–Crippen LogP) is 2.54. The van der Waals surface area contributed by atoms with Gasteiger partial charge in [0.2, 0.25) is 0 Å². The molecule has 2 N–H and O–H groups in total. The molecule has 2 aliphatic rings. The van der Waals surface area contributed by atoms with Crippen LogP contribution in [0, 0.1) is 5.92 Å². The monoisotopic (exact) mass is 384 g/mol. The van der Waals surface area contributed by atoms with Crippen LogP contribution in [-0.4, -0.2) is 56.5 Å². The Bertz CT molecular complexity index is 511. The van der Waals surface area contributed by atoms with Crippen LogP contribution in [0.1, 0.15) is 24.4 Å². The zero-order valence-electron chi connectivity index (χ0n) is 13.6. The number of phenols is 1. The molecule has 0 bridgehead atoms. The smallest absolute Gasteiger partial charge is 0.162 e. The number of aromatic hydroxyl groups is 1. The van der Waals surface area contributed by atoms with Gasteiger partial charge in [-0.05, 0) is 30.9 Å². The van der Waals surface area contributed by atoms with E-state index in [9.17, 15) is 5.11 Å². The van der Waals surface area contributed by atoms with Crippen molar-refractivity contribution < 1.29 is 14.6 Å². The number of nitrogens with one attached hydrogen (secondary N) is 1. The van der Waals surface area contributed by atoms with Gasteiger partial charge in [0.25, 0.3) is 0 Å². The zero-order chi connectivity index (χ0) is 16.2. The Morgan fingerprint density at radius 2 is 2.00 bits per heavy atom. The minimum atomic E-state index is 0.201. The van der Waals surface area contributed by atoms with E-state index in [0.717, 1.165) is 62.3 Å². The van der Waals surface area contributed by atoms with Crippen molar-refractivity contribution >= 4 is 15.9 Å². The fraction of sp³-hybridized carbons (Fsp3) is 0.647. The Labute approximate surface area is 146 Å². The largest absolute Gasteiger partial charge is 0.504 e. The Hall–Kier alpha value is -0.820. The van der Waals surface area contributed by atoms with Crippen molar-refractivity contribution in [1.82, 2.24) is 10.2 Å². The molecule has 1 atom stereocenters. The lowest BCUT2D eigenvalue weighted by atomic mass is 9.85. The molecule has 2 aliphatic heterocycles. The Morgan fingerprint density at radius 1 is 1.30 bits per heavy atom. The second-order valence-electron chi connectivity index (χ2n) is 6.23. The van der Waals surface area contributed by atoms with Gasteiger partial charge in [-0.2, -0.15) is 0 Å². The molecular weight excluding hydrogens is 360 g/mol. The van der Waals surface area contributed by atoms with E-state index < -0.39 is 0 Å². The van der Waals surface area contributed by atoms with E-state index >= 15 is 0 Å². The van der Waals surface area contributed by atoms with Gasteiger partial charge in [-0.25, -0.2) is 0 Å². The standard InChI is InChI=1S/C17H25BrN2O3/c1-22-15-11-13(18)10-14(17(15)21)16(12-2-8-23-9-3-12)20-6-4-19-5-7-20/h10-12,16,19,21H,2-9H2,1H3/t16-/m1/s1. The zero-order valence-corrected chi connectivity index (χ0v) is 15.1. The average molecular weight is 385 g/mol. The Balaban J connectivity index is 1.98. The fourth-order valence-corrected chi connectivity index (χ4v) is 4.17. The van der Waals surface area contributed by atoms with Crippen LogP contribution in [0.2, 0.25) is 0 Å². The number of nitrogens with zero attached hydrogens (tertiary/aromatic N) is 1. The van der Waals surface area contributed by atoms with Crippen molar-refractivity contribution in [3.63, 3.8) is 0 Å². The van der Waals surface area contributed by atoms with Crippen LogP contribution in [-0.2, 0) is 4.74 Å². The molecule has 0 saturated carbocycles. The molecule has 0 amide bonds. The summed E-state index contributed by atoms with van der Waals surface area (Å²) in [5.41, 5.74) is 0.963. The SMILES string of the molecule is COc1cc(Br)cc([C@@H](C2CCOCC2)N2CCNCC2)c1O. The quantitative estimate of drug-likeness (QED) is 0.835. The van der Waals surface area contributed by atoms with Crippen molar-refractivity contribution in [2.45, 2.75) is 18.9 Å². The van der Waals surface area contributed by atoms with Crippen molar-refractivity contribution in [2.24, 2.45) is 5.92 Å². The molecule has 5 nitrogen and oxygen atoms in total. The van der Waals surface area contributed by atoms with Crippen LogP contribution in [0.15, 0.2) is 16.6 Å². The number of phenolic OH excluding ortho intramolecular Hbond substituents is 1. The molecule has 23 heavy (non-hydrogen) atoms. The van der Waals surface area contributed by atoms with Gasteiger partial charge in [0.15, 0.2) is 11.5 Å². The molecule has 0 unspecified atom stereocenters. The van der Waals surface area contributed by atoms with Crippen LogP contribution < -0.4 is 10.1 Å². The van der Waals surface area contributed by atoms with Crippen LogP contribution >= 0.6 is 15.9 Å². The van der Waals surface area contributed by atoms with Crippen LogP contribution in [0.25, 0.3) is 0 Å². The first-order valence-electron chi connectivity index (χ1n) is 8.29. The number of ether oxygens (including phenoxy) is 2. The number of methoxy groups -OCH3 is 1. The number of halogens is 1. The van der Waals surface area contributed by atoms with E-state index in [1.807, 2.05) is 12.1 Å². The van der Waals surface area contributed by atoms with Gasteiger partial charge >= 0.3 is 0 Å². The van der Waals surface area contributed by atoms with E-state index in [-0.39, 0.29) is 11.8 Å². The van der Waals surface area contributed by atoms with Crippen LogP contribution in [0.3, 0.4) is 0 Å². The Morgan fingerprint density at radius 3 is 2.65 bits per heavy atom. The summed E-state index contributed by atoms with van der Waals surface area (Å²) in [5, 5.41) is 14.1. The summed E-state index contributed by atoms with van der Waals surface area (Å²) in [4.78, 5) is 2.49. The van der Waals surface area contributed by atoms with Crippen LogP contribution in [0.4, 0.5) is 0 Å². The first-order valence-corrected chi connectivity index (χ1v) is 9.09. The maximum absolute atomic E-state index is 10.7. The minimum absolute atomic E-state index is 0.201. The van der Waals surface area contributed by atoms with Crippen molar-refractivity contribution in [3.8, 4) is 11.5 Å². The maximum atomic E-state index is 10.7. The van der Waals surface area contributed by atoms with E-state index in [1.165, 1.54) is 0 Å². The molecule has 0 spiro atoms. The minimum Gasteiger partial charge on any atom is -0.504 e. The highest BCUT2D eigenvalue weighted by molar-refractivity contribution is 9.10. The Kier molecular flexibility index (Phi) is 5.80. The number of benzene rings is 1. The summed E-state index contributed by atoms with van der Waals surface area (Å²) in [5.74, 6) is 1.29. The van der Waals surface area contributed by atoms with Gasteiger partial charge < -0.3 is 19.9 Å². The molecule has 6 heteroatoms. The number of hydrogen-bond acceptors (Lipinski definition) is 5. The highest BCUT2D eigenvalue weighted by atomic mass is 79.9. The first-order chi connectivity index (χ1) is 11.2. The second-order valence-corrected chi connectivity index (χ2v) is 7.14. The lowest BCUT2D eigenvalue weighted by molar-refractivity contribution is 0.0205. The number of rotatable bonds is 4. The van der Waals surface area contributed by atoms with Crippen molar-refractivity contribution in [1.29, 1.82) is 0 Å². The lowest BCUT2D eigenvalue weighted by Gasteiger charge is -2.41. The second kappa shape index (κ2) is 7.83. The van der Waals surface area contributed by atoms with Gasteiger partial charge in [0, 0.05) is 55.5 Å². The summed E-state index contributed by atoms with van der Waals surface area (Å²) in [7, 11) is 1.60. The average Bonchev–Trinajstić information content (AvgIpc) is 2.60. The highest BCUT2D eigenvalue weighted by Crippen LogP contribution is 2.44. The number of hydrogen-bond donors (Lipinski definition) is 2. The van der Waals surface area contributed by atoms with E-state index in [1.54, 1.807) is 7.11 Å². The maximum Gasteiger partial charge on any atom is 0.162 e. The fourth-order valence-electron chi connectivity index (χ4n) is 3.72. The first kappa shape index (κ1) is 17.0. The van der Waals surface area contributed by atoms with E-state index in [2.05, 4.69) is 26.1 Å². The topological polar surface area (TPSA) is 54.0 Å². The van der Waals surface area contributed by atoms with Gasteiger partial charge in [0.1, 0.15) is 0 Å². The highest BCUT2D eigenvalue weighted by Gasteiger charge is 2.33. The third-order valence-corrected chi connectivity index (χ3v) is 5.32. The van der Waals surface area contributed by atoms with Gasteiger partial charge in [-0.15, -0.1) is 0 Å². The summed E-state index contributed by atoms with van der Waals surface area (Å²) in [6, 6.07) is 4.06. The third kappa shape index (κ3) is 3.82. The molecule has 3 rings (SSSR count).